The predicted octanol–water partition coefficient (Wildman–Crippen LogP) is 1.28. The van der Waals surface area contributed by atoms with Crippen LogP contribution in [0.5, 0.6) is 5.75 Å². The molecule has 3 aliphatic heterocycles. The van der Waals surface area contributed by atoms with Crippen LogP contribution in [0.4, 0.5) is 10.6 Å². The molecule has 15 nitrogen and oxygen atoms in total. The highest BCUT2D eigenvalue weighted by atomic mass is 16.5. The number of aromatic nitrogens is 3. The summed E-state index contributed by atoms with van der Waals surface area (Å²) in [6.07, 6.45) is 6.53. The highest BCUT2D eigenvalue weighted by molar-refractivity contribution is 6.08. The van der Waals surface area contributed by atoms with E-state index in [2.05, 4.69) is 35.6 Å². The molecule has 4 amide bonds. The third-order valence-electron chi connectivity index (χ3n) is 8.16. The molecule has 2 fully saturated rings. The molecular formula is C29H27N9O6. The normalized spacial score (nSPS) is 20.2. The molecule has 3 N–H and O–H groups in total. The van der Waals surface area contributed by atoms with Gasteiger partial charge in [-0.2, -0.15) is 0 Å². The fourth-order valence-electron chi connectivity index (χ4n) is 5.89. The molecule has 6 heterocycles. The summed E-state index contributed by atoms with van der Waals surface area (Å²) in [7, 11) is 1.52. The molecule has 0 bridgehead atoms. The molecule has 3 aliphatic rings. The van der Waals surface area contributed by atoms with Crippen LogP contribution in [0.3, 0.4) is 0 Å². The Bertz CT molecular complexity index is 1820. The van der Waals surface area contributed by atoms with Gasteiger partial charge in [0.2, 0.25) is 0 Å². The first-order valence-corrected chi connectivity index (χ1v) is 13.9. The van der Waals surface area contributed by atoms with Gasteiger partial charge in [0.05, 0.1) is 19.9 Å². The topological polar surface area (TPSA) is 179 Å². The van der Waals surface area contributed by atoms with Crippen molar-refractivity contribution in [3.63, 3.8) is 0 Å². The summed E-state index contributed by atoms with van der Waals surface area (Å²) in [5.41, 5.74) is 0.786. The van der Waals surface area contributed by atoms with Crippen LogP contribution in [0.15, 0.2) is 64.7 Å². The van der Waals surface area contributed by atoms with E-state index in [1.165, 1.54) is 12.0 Å². The van der Waals surface area contributed by atoms with Crippen molar-refractivity contribution < 1.29 is 28.7 Å². The zero-order valence-corrected chi connectivity index (χ0v) is 23.6. The van der Waals surface area contributed by atoms with Crippen molar-refractivity contribution in [3.8, 4) is 5.75 Å². The lowest BCUT2D eigenvalue weighted by Gasteiger charge is -2.36. The largest absolute Gasteiger partial charge is 0.497 e. The van der Waals surface area contributed by atoms with Crippen molar-refractivity contribution in [1.82, 2.24) is 35.4 Å². The molecule has 0 saturated carbocycles. The number of imide groups is 1. The number of fused-ring (bicyclic) bond motifs is 2. The molecule has 0 spiro atoms. The highest BCUT2D eigenvalue weighted by Gasteiger charge is 2.53. The van der Waals surface area contributed by atoms with Gasteiger partial charge in [0.15, 0.2) is 17.0 Å². The van der Waals surface area contributed by atoms with Crippen molar-refractivity contribution in [2.24, 2.45) is 5.16 Å². The summed E-state index contributed by atoms with van der Waals surface area (Å²) >= 11 is 0. The Balaban J connectivity index is 1.15. The fourth-order valence-corrected chi connectivity index (χ4v) is 5.89. The number of rotatable bonds is 6. The van der Waals surface area contributed by atoms with Crippen LogP contribution < -0.4 is 20.3 Å². The lowest BCUT2D eigenvalue weighted by molar-refractivity contribution is -0.125. The predicted molar refractivity (Wildman–Crippen MR) is 154 cm³/mol. The van der Waals surface area contributed by atoms with Gasteiger partial charge in [-0.15, -0.1) is 0 Å². The number of urea groups is 1. The number of nitrogens with one attached hydrogen (secondary N) is 2. The Hall–Kier alpha value is -5.73. The van der Waals surface area contributed by atoms with Crippen LogP contribution in [0.1, 0.15) is 27.2 Å². The Morgan fingerprint density at radius 3 is 2.64 bits per heavy atom. The number of carbonyl (C=O) groups excluding carboxylic acids is 3. The number of benzene rings is 1. The number of piperazine rings is 1. The minimum atomic E-state index is -1.69. The SMILES string of the molecule is COc1ccc2c(c1)C(=O)N(C[C@@]1(c3cc4ncc(/C(=N\O)N5CCN(c6cnccn6)CC5)cc4o3)NC(=O)NC1=O)C2. The molecule has 4 aromatic rings. The van der Waals surface area contributed by atoms with Gasteiger partial charge < -0.3 is 34.4 Å². The molecule has 7 rings (SSSR count). The zero-order chi connectivity index (χ0) is 30.4. The third kappa shape index (κ3) is 4.49. The number of hydrogen-bond acceptors (Lipinski definition) is 11. The first kappa shape index (κ1) is 27.1. The zero-order valence-electron chi connectivity index (χ0n) is 23.6. The molecule has 0 aliphatic carbocycles. The maximum absolute atomic E-state index is 13.3. The average molecular weight is 598 g/mol. The molecule has 1 atom stereocenters. The van der Waals surface area contributed by atoms with Crippen LogP contribution in [0, 0.1) is 0 Å². The number of ether oxygens (including phenoxy) is 1. The first-order chi connectivity index (χ1) is 21.4. The van der Waals surface area contributed by atoms with Gasteiger partial charge in [-0.3, -0.25) is 24.9 Å². The minimum absolute atomic E-state index is 0.113. The summed E-state index contributed by atoms with van der Waals surface area (Å²) in [6, 6.07) is 7.75. The number of furan rings is 1. The minimum Gasteiger partial charge on any atom is -0.497 e. The molecule has 2 saturated heterocycles. The summed E-state index contributed by atoms with van der Waals surface area (Å²) in [5.74, 6) is 0.791. The molecule has 1 aromatic carbocycles. The molecule has 44 heavy (non-hydrogen) atoms. The van der Waals surface area contributed by atoms with E-state index in [1.54, 1.807) is 55.1 Å². The summed E-state index contributed by atoms with van der Waals surface area (Å²) in [4.78, 5) is 57.5. The number of hydrogen-bond donors (Lipinski definition) is 3. The molecule has 3 aromatic heterocycles. The standard InChI is InChI=1S/C29H27N9O6/c1-43-19-3-2-17-15-38(26(39)20(17)11-19)16-29(27(40)33-28(41)34-29)23-12-21-22(44-23)10-18(13-32-21)25(35-42)37-8-6-36(7-9-37)24-14-30-4-5-31-24/h2-5,10-14,42H,6-9,15-16H2,1H3,(H2,33,34,40,41)/b35-25+/t29-/m0/s1. The quantitative estimate of drug-likeness (QED) is 0.0958. The van der Waals surface area contributed by atoms with Crippen molar-refractivity contribution in [2.75, 3.05) is 44.7 Å². The second kappa shape index (κ2) is 10.5. The van der Waals surface area contributed by atoms with E-state index in [0.717, 1.165) is 11.4 Å². The van der Waals surface area contributed by atoms with Crippen LogP contribution in [0.25, 0.3) is 11.1 Å². The van der Waals surface area contributed by atoms with Gasteiger partial charge in [0.1, 0.15) is 22.8 Å². The first-order valence-electron chi connectivity index (χ1n) is 13.9. The number of methoxy groups -OCH3 is 1. The number of anilines is 1. The van der Waals surface area contributed by atoms with E-state index in [1.807, 2.05) is 4.90 Å². The van der Waals surface area contributed by atoms with Gasteiger partial charge in [-0.25, -0.2) is 9.78 Å². The summed E-state index contributed by atoms with van der Waals surface area (Å²) < 4.78 is 11.4. The van der Waals surface area contributed by atoms with Gasteiger partial charge in [-0.05, 0) is 23.8 Å². The number of amides is 4. The fraction of sp³-hybridized carbons (Fsp3) is 0.276. The Kier molecular flexibility index (Phi) is 6.48. The van der Waals surface area contributed by atoms with Crippen molar-refractivity contribution >= 4 is 40.6 Å². The average Bonchev–Trinajstić information content (AvgIpc) is 3.71. The van der Waals surface area contributed by atoms with E-state index in [4.69, 9.17) is 9.15 Å². The molecule has 224 valence electrons. The second-order valence-electron chi connectivity index (χ2n) is 10.7. The lowest BCUT2D eigenvalue weighted by Crippen LogP contribution is -2.52. The van der Waals surface area contributed by atoms with Crippen LogP contribution >= 0.6 is 0 Å². The smallest absolute Gasteiger partial charge is 0.322 e. The van der Waals surface area contributed by atoms with E-state index in [9.17, 15) is 19.6 Å². The molecular weight excluding hydrogens is 570 g/mol. The van der Waals surface area contributed by atoms with Crippen molar-refractivity contribution in [1.29, 1.82) is 0 Å². The third-order valence-corrected chi connectivity index (χ3v) is 8.16. The number of pyridine rings is 1. The summed E-state index contributed by atoms with van der Waals surface area (Å²) in [6.45, 7) is 2.47. The Morgan fingerprint density at radius 1 is 1.09 bits per heavy atom. The summed E-state index contributed by atoms with van der Waals surface area (Å²) in [5, 5.41) is 18.5. The Morgan fingerprint density at radius 2 is 1.93 bits per heavy atom. The second-order valence-corrected chi connectivity index (χ2v) is 10.7. The van der Waals surface area contributed by atoms with Gasteiger partial charge >= 0.3 is 6.03 Å². The molecule has 15 heteroatoms. The lowest BCUT2D eigenvalue weighted by atomic mass is 9.95. The van der Waals surface area contributed by atoms with Gasteiger partial charge in [0.25, 0.3) is 11.8 Å². The maximum Gasteiger partial charge on any atom is 0.322 e. The molecule has 0 unspecified atom stereocenters. The van der Waals surface area contributed by atoms with Crippen molar-refractivity contribution in [3.05, 3.63) is 77.6 Å². The van der Waals surface area contributed by atoms with E-state index in [-0.39, 0.29) is 24.8 Å². The number of amidine groups is 1. The van der Waals surface area contributed by atoms with Gasteiger partial charge in [0, 0.05) is 68.5 Å². The Labute approximate surface area is 250 Å². The van der Waals surface area contributed by atoms with E-state index >= 15 is 0 Å². The van der Waals surface area contributed by atoms with Crippen LogP contribution in [0.2, 0.25) is 0 Å². The molecule has 0 radical (unpaired) electrons. The van der Waals surface area contributed by atoms with E-state index < -0.39 is 17.5 Å². The van der Waals surface area contributed by atoms with E-state index in [0.29, 0.717) is 60.0 Å². The number of nitrogens with zero attached hydrogens (tertiary/aromatic N) is 7. The monoisotopic (exact) mass is 597 g/mol. The number of oxime groups is 1. The van der Waals surface area contributed by atoms with Crippen LogP contribution in [-0.4, -0.2) is 93.5 Å². The highest BCUT2D eigenvalue weighted by Crippen LogP contribution is 2.35. The van der Waals surface area contributed by atoms with Gasteiger partial charge in [-0.1, -0.05) is 11.2 Å². The van der Waals surface area contributed by atoms with Crippen LogP contribution in [-0.2, 0) is 16.9 Å². The van der Waals surface area contributed by atoms with Crippen molar-refractivity contribution in [2.45, 2.75) is 12.1 Å². The number of carbonyl (C=O) groups is 3. The maximum atomic E-state index is 13.3.